The Balaban J connectivity index is 0.00000192. The van der Waals surface area contributed by atoms with Gasteiger partial charge in [-0.1, -0.05) is 40.9 Å². The van der Waals surface area contributed by atoms with Crippen LogP contribution in [0, 0.1) is 0 Å². The summed E-state index contributed by atoms with van der Waals surface area (Å²) in [7, 11) is 2.00. The molecule has 5 heteroatoms. The number of hydrogen-bond donors (Lipinski definition) is 1. The van der Waals surface area contributed by atoms with Gasteiger partial charge in [-0.2, -0.15) is 0 Å². The van der Waals surface area contributed by atoms with Crippen molar-refractivity contribution in [1.29, 1.82) is 0 Å². The summed E-state index contributed by atoms with van der Waals surface area (Å²) in [5, 5.41) is 3.34. The Hall–Kier alpha value is -0.580. The fraction of sp³-hybridized carbons (Fsp3) is 0.611. The minimum absolute atomic E-state index is 0. The third-order valence-electron chi connectivity index (χ3n) is 5.38. The molecule has 2 aliphatic rings. The van der Waals surface area contributed by atoms with Crippen LogP contribution in [0.5, 0.6) is 0 Å². The van der Waals surface area contributed by atoms with Crippen molar-refractivity contribution in [1.82, 2.24) is 10.2 Å². The molecule has 0 spiro atoms. The predicted molar refractivity (Wildman–Crippen MR) is 100 cm³/mol. The van der Waals surface area contributed by atoms with Crippen molar-refractivity contribution >= 4 is 34.2 Å². The molecule has 1 amide bonds. The molecule has 1 aliphatic carbocycles. The lowest BCUT2D eigenvalue weighted by molar-refractivity contribution is -0.138. The van der Waals surface area contributed by atoms with Gasteiger partial charge in [-0.3, -0.25) is 4.79 Å². The van der Waals surface area contributed by atoms with E-state index in [0.717, 1.165) is 49.7 Å². The molecule has 0 radical (unpaired) electrons. The zero-order chi connectivity index (χ0) is 15.6. The number of likely N-dealkylation sites (N-methyl/N-ethyl adjacent to an activating group) is 1. The number of rotatable bonds is 3. The first kappa shape index (κ1) is 18.8. The van der Waals surface area contributed by atoms with E-state index in [0.29, 0.717) is 11.9 Å². The molecule has 2 fully saturated rings. The molecule has 1 atom stereocenters. The Labute approximate surface area is 153 Å². The normalized spacial score (nSPS) is 23.4. The molecule has 1 aliphatic heterocycles. The van der Waals surface area contributed by atoms with E-state index in [1.54, 1.807) is 0 Å². The first-order chi connectivity index (χ1) is 10.7. The minimum Gasteiger partial charge on any atom is -0.340 e. The quantitative estimate of drug-likeness (QED) is 0.833. The molecule has 1 saturated carbocycles. The summed E-state index contributed by atoms with van der Waals surface area (Å²) >= 11 is 3.50. The maximum absolute atomic E-state index is 13.4. The van der Waals surface area contributed by atoms with Gasteiger partial charge < -0.3 is 10.2 Å². The van der Waals surface area contributed by atoms with Gasteiger partial charge in [-0.25, -0.2) is 0 Å². The fourth-order valence-electron chi connectivity index (χ4n) is 4.07. The van der Waals surface area contributed by atoms with E-state index >= 15 is 0 Å². The molecule has 23 heavy (non-hydrogen) atoms. The van der Waals surface area contributed by atoms with E-state index in [1.165, 1.54) is 12.0 Å². The highest BCUT2D eigenvalue weighted by Gasteiger charge is 2.45. The molecule has 0 bridgehead atoms. The lowest BCUT2D eigenvalue weighted by Crippen LogP contribution is -2.52. The van der Waals surface area contributed by atoms with Crippen LogP contribution in [0.15, 0.2) is 28.7 Å². The van der Waals surface area contributed by atoms with Crippen LogP contribution >= 0.6 is 28.3 Å². The number of piperidine rings is 1. The maximum Gasteiger partial charge on any atom is 0.233 e. The van der Waals surface area contributed by atoms with E-state index < -0.39 is 0 Å². The van der Waals surface area contributed by atoms with Gasteiger partial charge in [0, 0.05) is 23.6 Å². The van der Waals surface area contributed by atoms with Gasteiger partial charge in [0.25, 0.3) is 0 Å². The summed E-state index contributed by atoms with van der Waals surface area (Å²) in [5.41, 5.74) is 0.917. The maximum atomic E-state index is 13.4. The Morgan fingerprint density at radius 3 is 2.48 bits per heavy atom. The van der Waals surface area contributed by atoms with Crippen LogP contribution in [0.3, 0.4) is 0 Å². The summed E-state index contributed by atoms with van der Waals surface area (Å²) in [4.78, 5) is 15.5. The monoisotopic (exact) mass is 400 g/mol. The van der Waals surface area contributed by atoms with Crippen LogP contribution in [0.4, 0.5) is 0 Å². The van der Waals surface area contributed by atoms with Crippen molar-refractivity contribution in [3.63, 3.8) is 0 Å². The topological polar surface area (TPSA) is 32.3 Å². The van der Waals surface area contributed by atoms with E-state index in [9.17, 15) is 4.79 Å². The van der Waals surface area contributed by atoms with Crippen molar-refractivity contribution < 1.29 is 4.79 Å². The molecular weight excluding hydrogens is 376 g/mol. The van der Waals surface area contributed by atoms with E-state index in [4.69, 9.17) is 0 Å². The van der Waals surface area contributed by atoms with Crippen LogP contribution in [-0.2, 0) is 10.2 Å². The second-order valence-corrected chi connectivity index (χ2v) is 7.59. The van der Waals surface area contributed by atoms with E-state index in [-0.39, 0.29) is 17.8 Å². The second kappa shape index (κ2) is 8.00. The van der Waals surface area contributed by atoms with Crippen LogP contribution < -0.4 is 5.32 Å². The third-order valence-corrected chi connectivity index (χ3v) is 5.91. The summed E-state index contributed by atoms with van der Waals surface area (Å²) in [6, 6.07) is 8.84. The molecule has 3 rings (SSSR count). The Kier molecular flexibility index (Phi) is 6.52. The van der Waals surface area contributed by atoms with Crippen molar-refractivity contribution in [3.8, 4) is 0 Å². The van der Waals surface area contributed by atoms with Gasteiger partial charge in [0.2, 0.25) is 5.91 Å². The van der Waals surface area contributed by atoms with Crippen LogP contribution in [0.25, 0.3) is 0 Å². The van der Waals surface area contributed by atoms with Crippen LogP contribution in [0.2, 0.25) is 0 Å². The van der Waals surface area contributed by atoms with Crippen LogP contribution in [0.1, 0.15) is 44.1 Å². The number of benzene rings is 1. The second-order valence-electron chi connectivity index (χ2n) is 6.68. The van der Waals surface area contributed by atoms with Crippen LogP contribution in [-0.4, -0.2) is 37.0 Å². The Morgan fingerprint density at radius 1 is 1.22 bits per heavy atom. The summed E-state index contributed by atoms with van der Waals surface area (Å²) < 4.78 is 1.07. The fourth-order valence-corrected chi connectivity index (χ4v) is 4.34. The van der Waals surface area contributed by atoms with Crippen molar-refractivity contribution in [2.24, 2.45) is 0 Å². The largest absolute Gasteiger partial charge is 0.340 e. The molecule has 1 aromatic rings. The first-order valence-electron chi connectivity index (χ1n) is 8.38. The van der Waals surface area contributed by atoms with Crippen molar-refractivity contribution in [2.45, 2.75) is 50.0 Å². The number of hydrogen-bond acceptors (Lipinski definition) is 2. The average molecular weight is 402 g/mol. The van der Waals surface area contributed by atoms with Gasteiger partial charge in [-0.15, -0.1) is 12.4 Å². The molecule has 0 aromatic heterocycles. The number of carbonyl (C=O) groups excluding carboxylic acids is 1. The van der Waals surface area contributed by atoms with Gasteiger partial charge in [0.15, 0.2) is 0 Å². The zero-order valence-electron chi connectivity index (χ0n) is 13.7. The molecule has 1 aromatic carbocycles. The third kappa shape index (κ3) is 3.75. The molecule has 3 nitrogen and oxygen atoms in total. The molecular formula is C18H26BrClN2O. The number of halogens is 2. The van der Waals surface area contributed by atoms with E-state index in [1.807, 2.05) is 7.05 Å². The van der Waals surface area contributed by atoms with Gasteiger partial charge in [0.1, 0.15) is 0 Å². The number of amides is 1. The lowest BCUT2D eigenvalue weighted by atomic mass is 9.77. The average Bonchev–Trinajstić information content (AvgIpc) is 3.05. The number of nitrogens with one attached hydrogen (secondary N) is 1. The molecule has 128 valence electrons. The smallest absolute Gasteiger partial charge is 0.233 e. The highest BCUT2D eigenvalue weighted by molar-refractivity contribution is 9.10. The number of nitrogens with zero attached hydrogens (tertiary/aromatic N) is 1. The van der Waals surface area contributed by atoms with E-state index in [2.05, 4.69) is 50.4 Å². The molecule has 1 N–H and O–H groups in total. The number of carbonyl (C=O) groups is 1. The highest BCUT2D eigenvalue weighted by atomic mass is 79.9. The summed E-state index contributed by atoms with van der Waals surface area (Å²) in [6.45, 7) is 1.77. The lowest BCUT2D eigenvalue weighted by Gasteiger charge is -2.39. The molecule has 1 heterocycles. The van der Waals surface area contributed by atoms with Gasteiger partial charge in [-0.05, 0) is 50.4 Å². The summed E-state index contributed by atoms with van der Waals surface area (Å²) in [5.74, 6) is 0.354. The van der Waals surface area contributed by atoms with Crippen molar-refractivity contribution in [2.75, 3.05) is 20.1 Å². The summed E-state index contributed by atoms with van der Waals surface area (Å²) in [6.07, 6.45) is 6.58. The Morgan fingerprint density at radius 2 is 1.87 bits per heavy atom. The van der Waals surface area contributed by atoms with Gasteiger partial charge >= 0.3 is 0 Å². The zero-order valence-corrected chi connectivity index (χ0v) is 16.1. The minimum atomic E-state index is -0.281. The standard InChI is InChI=1S/C18H25BrN2O.ClH/c1-20-16-5-4-12-21(13-16)17(22)18(10-2-3-11-18)14-6-8-15(19)9-7-14;/h6-9,16,20H,2-5,10-13H2,1H3;1H. The van der Waals surface area contributed by atoms with Crippen molar-refractivity contribution in [3.05, 3.63) is 34.3 Å². The highest BCUT2D eigenvalue weighted by Crippen LogP contribution is 2.43. The predicted octanol–water partition coefficient (Wildman–Crippen LogP) is 3.89. The number of likely N-dealkylation sites (tertiary alicyclic amines) is 1. The SMILES string of the molecule is CNC1CCCN(C(=O)C2(c3ccc(Br)cc3)CCCC2)C1.Cl. The molecule has 1 saturated heterocycles. The Bertz CT molecular complexity index is 528. The van der Waals surface area contributed by atoms with Gasteiger partial charge in [0.05, 0.1) is 5.41 Å². The first-order valence-corrected chi connectivity index (χ1v) is 9.18. The molecule has 1 unspecified atom stereocenters.